The minimum absolute atomic E-state index is 0.405. The van der Waals surface area contributed by atoms with E-state index in [9.17, 15) is 0 Å². The normalized spacial score (nSPS) is 12.9. The van der Waals surface area contributed by atoms with Gasteiger partial charge < -0.3 is 15.5 Å². The van der Waals surface area contributed by atoms with Crippen LogP contribution in [0.4, 0.5) is 0 Å². The number of likely N-dealkylation sites (N-methyl/N-ethyl adjacent to an activating group) is 1. The van der Waals surface area contributed by atoms with Gasteiger partial charge in [0.1, 0.15) is 0 Å². The first-order valence-electron chi connectivity index (χ1n) is 8.38. The van der Waals surface area contributed by atoms with E-state index in [0.29, 0.717) is 6.04 Å². The van der Waals surface area contributed by atoms with Crippen molar-refractivity contribution >= 4 is 5.96 Å². The second-order valence-corrected chi connectivity index (χ2v) is 6.10. The predicted molar refractivity (Wildman–Crippen MR) is 102 cm³/mol. The summed E-state index contributed by atoms with van der Waals surface area (Å²) in [6, 6.07) is 21.4. The van der Waals surface area contributed by atoms with Crippen LogP contribution in [0.25, 0.3) is 0 Å². The molecular weight excluding hydrogens is 296 g/mol. The van der Waals surface area contributed by atoms with Gasteiger partial charge in [-0.3, -0.25) is 4.99 Å². The number of nitrogens with one attached hydrogen (secondary N) is 2. The highest BCUT2D eigenvalue weighted by Crippen LogP contribution is 2.06. The minimum atomic E-state index is 0.405. The van der Waals surface area contributed by atoms with Crippen molar-refractivity contribution in [3.05, 3.63) is 71.8 Å². The van der Waals surface area contributed by atoms with Crippen molar-refractivity contribution in [1.82, 2.24) is 15.5 Å². The summed E-state index contributed by atoms with van der Waals surface area (Å²) in [6.07, 6.45) is 1.01. The van der Waals surface area contributed by atoms with Gasteiger partial charge in [0.15, 0.2) is 5.96 Å². The van der Waals surface area contributed by atoms with Crippen LogP contribution >= 0.6 is 0 Å². The molecule has 0 aliphatic heterocycles. The van der Waals surface area contributed by atoms with Crippen LogP contribution in [0.2, 0.25) is 0 Å². The third kappa shape index (κ3) is 6.05. The third-order valence-corrected chi connectivity index (χ3v) is 4.08. The highest BCUT2D eigenvalue weighted by atomic mass is 15.2. The minimum Gasteiger partial charge on any atom is -0.355 e. The van der Waals surface area contributed by atoms with E-state index in [2.05, 4.69) is 89.2 Å². The molecule has 0 amide bonds. The van der Waals surface area contributed by atoms with Crippen molar-refractivity contribution in [1.29, 1.82) is 0 Å². The maximum absolute atomic E-state index is 4.32. The van der Waals surface area contributed by atoms with E-state index in [0.717, 1.165) is 25.5 Å². The van der Waals surface area contributed by atoms with E-state index in [1.54, 1.807) is 0 Å². The molecule has 2 aromatic rings. The van der Waals surface area contributed by atoms with Gasteiger partial charge in [-0.1, -0.05) is 60.7 Å². The number of rotatable bonds is 7. The van der Waals surface area contributed by atoms with E-state index < -0.39 is 0 Å². The van der Waals surface area contributed by atoms with Crippen molar-refractivity contribution in [2.75, 3.05) is 27.7 Å². The van der Waals surface area contributed by atoms with E-state index in [4.69, 9.17) is 0 Å². The number of nitrogens with zero attached hydrogens (tertiary/aromatic N) is 2. The second-order valence-electron chi connectivity index (χ2n) is 6.10. The van der Waals surface area contributed by atoms with Crippen LogP contribution < -0.4 is 10.6 Å². The lowest BCUT2D eigenvalue weighted by atomic mass is 10.1. The number of hydrogen-bond acceptors (Lipinski definition) is 2. The van der Waals surface area contributed by atoms with Crippen LogP contribution in [0, 0.1) is 0 Å². The quantitative estimate of drug-likeness (QED) is 0.607. The Morgan fingerprint density at radius 2 is 1.50 bits per heavy atom. The topological polar surface area (TPSA) is 39.7 Å². The average Bonchev–Trinajstić information content (AvgIpc) is 2.62. The average molecular weight is 324 g/mol. The molecule has 128 valence electrons. The van der Waals surface area contributed by atoms with Crippen LogP contribution in [0.5, 0.6) is 0 Å². The zero-order valence-electron chi connectivity index (χ0n) is 14.9. The van der Waals surface area contributed by atoms with Gasteiger partial charge >= 0.3 is 0 Å². The van der Waals surface area contributed by atoms with Gasteiger partial charge in [0.05, 0.1) is 0 Å². The van der Waals surface area contributed by atoms with Crippen LogP contribution in [0.1, 0.15) is 11.1 Å². The van der Waals surface area contributed by atoms with E-state index in [1.165, 1.54) is 11.1 Å². The molecule has 0 aliphatic rings. The Bertz CT molecular complexity index is 608. The highest BCUT2D eigenvalue weighted by Gasteiger charge is 2.12. The summed E-state index contributed by atoms with van der Waals surface area (Å²) in [5, 5.41) is 6.80. The second kappa shape index (κ2) is 9.73. The summed E-state index contributed by atoms with van der Waals surface area (Å²) in [5.74, 6) is 0.832. The lowest BCUT2D eigenvalue weighted by molar-refractivity contribution is 0.290. The Labute approximate surface area is 145 Å². The first-order chi connectivity index (χ1) is 11.7. The van der Waals surface area contributed by atoms with Crippen molar-refractivity contribution in [2.24, 2.45) is 4.99 Å². The molecule has 0 aromatic heterocycles. The molecule has 2 rings (SSSR count). The maximum atomic E-state index is 4.32. The zero-order valence-corrected chi connectivity index (χ0v) is 14.9. The lowest BCUT2D eigenvalue weighted by Crippen LogP contribution is -2.45. The van der Waals surface area contributed by atoms with E-state index in [-0.39, 0.29) is 0 Å². The SMILES string of the molecule is CN=C(NCc1ccccc1)NCC(Cc1ccccc1)N(C)C. The van der Waals surface area contributed by atoms with Crippen LogP contribution in [0.15, 0.2) is 65.7 Å². The molecule has 0 radical (unpaired) electrons. The Kier molecular flexibility index (Phi) is 7.30. The van der Waals surface area contributed by atoms with Gasteiger partial charge in [-0.15, -0.1) is 0 Å². The zero-order chi connectivity index (χ0) is 17.2. The van der Waals surface area contributed by atoms with Crippen molar-refractivity contribution in [3.8, 4) is 0 Å². The van der Waals surface area contributed by atoms with Gasteiger partial charge in [-0.25, -0.2) is 0 Å². The lowest BCUT2D eigenvalue weighted by Gasteiger charge is -2.25. The summed E-state index contributed by atoms with van der Waals surface area (Å²) in [6.45, 7) is 1.61. The van der Waals surface area contributed by atoms with Gasteiger partial charge in [-0.05, 0) is 31.6 Å². The van der Waals surface area contributed by atoms with E-state index >= 15 is 0 Å². The maximum Gasteiger partial charge on any atom is 0.191 e. The number of benzene rings is 2. The molecule has 0 bridgehead atoms. The van der Waals surface area contributed by atoms with Gasteiger partial charge in [-0.2, -0.15) is 0 Å². The molecule has 2 N–H and O–H groups in total. The van der Waals surface area contributed by atoms with Crippen LogP contribution in [-0.2, 0) is 13.0 Å². The Balaban J connectivity index is 1.85. The highest BCUT2D eigenvalue weighted by molar-refractivity contribution is 5.79. The van der Waals surface area contributed by atoms with Crippen molar-refractivity contribution in [2.45, 2.75) is 19.0 Å². The molecule has 0 aliphatic carbocycles. The molecule has 4 nitrogen and oxygen atoms in total. The molecule has 0 saturated carbocycles. The smallest absolute Gasteiger partial charge is 0.191 e. The molecule has 0 spiro atoms. The Morgan fingerprint density at radius 1 is 0.917 bits per heavy atom. The summed E-state index contributed by atoms with van der Waals surface area (Å²) in [5.41, 5.74) is 2.60. The standard InChI is InChI=1S/C20H28N4/c1-21-20(22-15-18-12-8-5-9-13-18)23-16-19(24(2)3)14-17-10-6-4-7-11-17/h4-13,19H,14-16H2,1-3H3,(H2,21,22,23). The molecule has 24 heavy (non-hydrogen) atoms. The molecule has 0 heterocycles. The van der Waals surface area contributed by atoms with Crippen molar-refractivity contribution in [3.63, 3.8) is 0 Å². The van der Waals surface area contributed by atoms with Crippen LogP contribution in [-0.4, -0.2) is 44.6 Å². The van der Waals surface area contributed by atoms with Gasteiger partial charge in [0.25, 0.3) is 0 Å². The molecule has 1 unspecified atom stereocenters. The monoisotopic (exact) mass is 324 g/mol. The first-order valence-corrected chi connectivity index (χ1v) is 8.38. The number of aliphatic imine (C=N–C) groups is 1. The Morgan fingerprint density at radius 3 is 2.04 bits per heavy atom. The molecule has 0 saturated heterocycles. The number of guanidine groups is 1. The fourth-order valence-corrected chi connectivity index (χ4v) is 2.54. The predicted octanol–water partition coefficient (Wildman–Crippen LogP) is 2.52. The molecule has 1 atom stereocenters. The van der Waals surface area contributed by atoms with Crippen molar-refractivity contribution < 1.29 is 0 Å². The van der Waals surface area contributed by atoms with E-state index in [1.807, 2.05) is 13.1 Å². The summed E-state index contributed by atoms with van der Waals surface area (Å²) < 4.78 is 0. The summed E-state index contributed by atoms with van der Waals surface area (Å²) in [4.78, 5) is 6.57. The molecule has 4 heteroatoms. The summed E-state index contributed by atoms with van der Waals surface area (Å²) >= 11 is 0. The molecule has 2 aromatic carbocycles. The van der Waals surface area contributed by atoms with Gasteiger partial charge in [0, 0.05) is 26.2 Å². The first kappa shape index (κ1) is 18.0. The fourth-order valence-electron chi connectivity index (χ4n) is 2.54. The largest absolute Gasteiger partial charge is 0.355 e. The van der Waals surface area contributed by atoms with Gasteiger partial charge in [0.2, 0.25) is 0 Å². The Hall–Kier alpha value is -2.33. The fraction of sp³-hybridized carbons (Fsp3) is 0.350. The van der Waals surface area contributed by atoms with Crippen LogP contribution in [0.3, 0.4) is 0 Å². The third-order valence-electron chi connectivity index (χ3n) is 4.08. The molecule has 0 fully saturated rings. The molecular formula is C20H28N4. The number of hydrogen-bond donors (Lipinski definition) is 2. The summed E-state index contributed by atoms with van der Waals surface area (Å²) in [7, 11) is 6.05.